The summed E-state index contributed by atoms with van der Waals surface area (Å²) in [6.07, 6.45) is -0.526. The van der Waals surface area contributed by atoms with Gasteiger partial charge in [-0.15, -0.1) is 0 Å². The highest BCUT2D eigenvalue weighted by Gasteiger charge is 2.19. The molecule has 0 heterocycles. The predicted octanol–water partition coefficient (Wildman–Crippen LogP) is 4.99. The first-order valence-electron chi connectivity index (χ1n) is 12.3. The zero-order valence-electron chi connectivity index (χ0n) is 22.4. The van der Waals surface area contributed by atoms with Crippen molar-refractivity contribution in [1.82, 2.24) is 5.32 Å². The molecule has 0 aliphatic rings. The lowest BCUT2D eigenvalue weighted by Crippen LogP contribution is -2.34. The summed E-state index contributed by atoms with van der Waals surface area (Å²) in [7, 11) is 0. The van der Waals surface area contributed by atoms with Crippen molar-refractivity contribution in [3.8, 4) is 17.2 Å². The van der Waals surface area contributed by atoms with Crippen LogP contribution < -0.4 is 30.2 Å². The highest BCUT2D eigenvalue weighted by atomic mass is 16.6. The number of anilines is 2. The summed E-state index contributed by atoms with van der Waals surface area (Å²) in [4.78, 5) is 37.0. The number of ether oxygens (including phenoxy) is 4. The molecule has 0 spiro atoms. The zero-order valence-corrected chi connectivity index (χ0v) is 22.4. The van der Waals surface area contributed by atoms with Gasteiger partial charge in [-0.3, -0.25) is 9.59 Å². The minimum absolute atomic E-state index is 0.0580. The van der Waals surface area contributed by atoms with Crippen molar-refractivity contribution >= 4 is 29.3 Å². The highest BCUT2D eigenvalue weighted by molar-refractivity contribution is 6.05. The van der Waals surface area contributed by atoms with E-state index in [0.717, 1.165) is 0 Å². The number of benzene rings is 2. The third-order valence-electron chi connectivity index (χ3n) is 4.60. The number of carbonyl (C=O) groups is 3. The molecule has 3 amide bonds. The Morgan fingerprint density at radius 1 is 0.811 bits per heavy atom. The maximum absolute atomic E-state index is 13.0. The van der Waals surface area contributed by atoms with E-state index in [2.05, 4.69) is 16.0 Å². The van der Waals surface area contributed by atoms with Gasteiger partial charge in [-0.25, -0.2) is 4.79 Å². The average molecular weight is 516 g/mol. The first-order chi connectivity index (χ1) is 17.6. The second-order valence-electron chi connectivity index (χ2n) is 8.86. The van der Waals surface area contributed by atoms with Gasteiger partial charge in [0.2, 0.25) is 11.7 Å². The Hall–Kier alpha value is -3.95. The zero-order chi connectivity index (χ0) is 27.4. The quantitative estimate of drug-likeness (QED) is 0.364. The molecule has 2 aromatic rings. The monoisotopic (exact) mass is 515 g/mol. The summed E-state index contributed by atoms with van der Waals surface area (Å²) >= 11 is 0. The molecule has 202 valence electrons. The molecule has 0 aliphatic carbocycles. The van der Waals surface area contributed by atoms with Crippen LogP contribution in [-0.2, 0) is 9.53 Å². The molecular formula is C27H37N3O7. The van der Waals surface area contributed by atoms with Crippen molar-refractivity contribution in [3.05, 3.63) is 42.0 Å². The fourth-order valence-corrected chi connectivity index (χ4v) is 3.21. The molecule has 37 heavy (non-hydrogen) atoms. The summed E-state index contributed by atoms with van der Waals surface area (Å²) in [5.41, 5.74) is 0.701. The summed E-state index contributed by atoms with van der Waals surface area (Å²) < 4.78 is 22.2. The first-order valence-corrected chi connectivity index (χ1v) is 12.3. The molecular weight excluding hydrogens is 478 g/mol. The second-order valence-corrected chi connectivity index (χ2v) is 8.86. The van der Waals surface area contributed by atoms with E-state index >= 15 is 0 Å². The lowest BCUT2D eigenvalue weighted by Gasteiger charge is -2.19. The van der Waals surface area contributed by atoms with E-state index < -0.39 is 11.7 Å². The number of amides is 3. The van der Waals surface area contributed by atoms with Gasteiger partial charge >= 0.3 is 6.09 Å². The van der Waals surface area contributed by atoms with E-state index in [-0.39, 0.29) is 24.8 Å². The van der Waals surface area contributed by atoms with Crippen LogP contribution in [-0.4, -0.2) is 49.9 Å². The number of rotatable bonds is 12. The molecule has 0 atom stereocenters. The van der Waals surface area contributed by atoms with Crippen LogP contribution in [0.15, 0.2) is 36.4 Å². The molecule has 0 saturated carbocycles. The Bertz CT molecular complexity index is 1050. The topological polar surface area (TPSA) is 124 Å². The van der Waals surface area contributed by atoms with Gasteiger partial charge in [0.1, 0.15) is 5.60 Å². The molecule has 10 heteroatoms. The van der Waals surface area contributed by atoms with E-state index in [4.69, 9.17) is 18.9 Å². The average Bonchev–Trinajstić information content (AvgIpc) is 2.80. The van der Waals surface area contributed by atoms with Crippen LogP contribution in [0.3, 0.4) is 0 Å². The van der Waals surface area contributed by atoms with Crippen molar-refractivity contribution in [3.63, 3.8) is 0 Å². The summed E-state index contributed by atoms with van der Waals surface area (Å²) in [6.45, 7) is 12.2. The van der Waals surface area contributed by atoms with Crippen LogP contribution in [0, 0.1) is 0 Å². The van der Waals surface area contributed by atoms with Gasteiger partial charge in [-0.05, 0) is 71.9 Å². The van der Waals surface area contributed by atoms with Crippen molar-refractivity contribution < 1.29 is 33.3 Å². The van der Waals surface area contributed by atoms with Crippen LogP contribution in [0.25, 0.3) is 0 Å². The van der Waals surface area contributed by atoms with E-state index in [1.54, 1.807) is 57.2 Å². The molecule has 0 aliphatic heterocycles. The van der Waals surface area contributed by atoms with Crippen LogP contribution >= 0.6 is 0 Å². The highest BCUT2D eigenvalue weighted by Crippen LogP contribution is 2.39. The summed E-state index contributed by atoms with van der Waals surface area (Å²) in [5, 5.41) is 8.12. The summed E-state index contributed by atoms with van der Waals surface area (Å²) in [6, 6.07) is 9.97. The lowest BCUT2D eigenvalue weighted by molar-refractivity contribution is -0.116. The molecule has 2 rings (SSSR count). The molecule has 3 N–H and O–H groups in total. The van der Waals surface area contributed by atoms with Gasteiger partial charge in [0.25, 0.3) is 5.91 Å². The third kappa shape index (κ3) is 9.91. The van der Waals surface area contributed by atoms with E-state index in [0.29, 0.717) is 54.0 Å². The van der Waals surface area contributed by atoms with Crippen molar-refractivity contribution in [2.45, 2.75) is 53.6 Å². The first kappa shape index (κ1) is 29.3. The molecule has 0 radical (unpaired) electrons. The Labute approximate surface area is 218 Å². The van der Waals surface area contributed by atoms with E-state index in [9.17, 15) is 14.4 Å². The van der Waals surface area contributed by atoms with Gasteiger partial charge in [-0.1, -0.05) is 6.07 Å². The molecule has 0 aromatic heterocycles. The van der Waals surface area contributed by atoms with Crippen molar-refractivity contribution in [1.29, 1.82) is 0 Å². The Morgan fingerprint density at radius 3 is 1.92 bits per heavy atom. The predicted molar refractivity (Wildman–Crippen MR) is 142 cm³/mol. The van der Waals surface area contributed by atoms with Crippen LogP contribution in [0.2, 0.25) is 0 Å². The molecule has 0 unspecified atom stereocenters. The smallest absolute Gasteiger partial charge is 0.407 e. The Morgan fingerprint density at radius 2 is 1.38 bits per heavy atom. The number of hydrogen-bond donors (Lipinski definition) is 3. The van der Waals surface area contributed by atoms with Gasteiger partial charge in [0.05, 0.1) is 19.8 Å². The molecule has 2 aromatic carbocycles. The molecule has 0 saturated heterocycles. The number of alkyl carbamates (subject to hydrolysis) is 1. The van der Waals surface area contributed by atoms with Crippen LogP contribution in [0.4, 0.5) is 16.2 Å². The van der Waals surface area contributed by atoms with Crippen LogP contribution in [0.5, 0.6) is 17.2 Å². The number of carbonyl (C=O) groups excluding carboxylic acids is 3. The fourth-order valence-electron chi connectivity index (χ4n) is 3.21. The molecule has 10 nitrogen and oxygen atoms in total. The van der Waals surface area contributed by atoms with Gasteiger partial charge in [0, 0.05) is 29.9 Å². The normalized spacial score (nSPS) is 10.8. The molecule has 0 bridgehead atoms. The molecule has 0 fully saturated rings. The third-order valence-corrected chi connectivity index (χ3v) is 4.60. The van der Waals surface area contributed by atoms with Gasteiger partial charge in [-0.2, -0.15) is 0 Å². The standard InChI is InChI=1S/C27H37N3O7/c1-7-34-21-15-18(16-22(35-8-2)24(21)36-9-3)25(32)30-20-12-10-11-19(17-20)29-23(31)13-14-28-26(33)37-27(4,5)6/h10-12,15-17H,7-9,13-14H2,1-6H3,(H,28,33)(H,29,31)(H,30,32). The Balaban J connectivity index is 2.05. The number of nitrogens with one attached hydrogen (secondary N) is 3. The van der Waals surface area contributed by atoms with E-state index in [1.807, 2.05) is 20.8 Å². The largest absolute Gasteiger partial charge is 0.490 e. The van der Waals surface area contributed by atoms with Crippen molar-refractivity contribution in [2.24, 2.45) is 0 Å². The minimum atomic E-state index is -0.613. The number of hydrogen-bond acceptors (Lipinski definition) is 7. The summed E-state index contributed by atoms with van der Waals surface area (Å²) in [5.74, 6) is 0.611. The van der Waals surface area contributed by atoms with Gasteiger partial charge in [0.15, 0.2) is 11.5 Å². The lowest BCUT2D eigenvalue weighted by atomic mass is 10.1. The fraction of sp³-hybridized carbons (Fsp3) is 0.444. The minimum Gasteiger partial charge on any atom is -0.490 e. The maximum Gasteiger partial charge on any atom is 0.407 e. The second kappa shape index (κ2) is 14.0. The SMILES string of the molecule is CCOc1cc(C(=O)Nc2cccc(NC(=O)CCNC(=O)OC(C)(C)C)c2)cc(OCC)c1OCC. The van der Waals surface area contributed by atoms with Crippen molar-refractivity contribution in [2.75, 3.05) is 37.0 Å². The van der Waals surface area contributed by atoms with Crippen LogP contribution in [0.1, 0.15) is 58.3 Å². The maximum atomic E-state index is 13.0. The van der Waals surface area contributed by atoms with Gasteiger partial charge < -0.3 is 34.9 Å². The van der Waals surface area contributed by atoms with E-state index in [1.165, 1.54) is 0 Å². The Kier molecular flexibility index (Phi) is 11.0.